The van der Waals surface area contributed by atoms with Gasteiger partial charge in [0.15, 0.2) is 6.29 Å². The fourth-order valence-corrected chi connectivity index (χ4v) is 1.45. The highest BCUT2D eigenvalue weighted by Crippen LogP contribution is 2.20. The SMILES string of the molecule is CCCOC(=O)OC[C@H]1O[C@H](O)[C@H](O)[C@@H](O)[C@@H]1O. The number of rotatable bonds is 4. The van der Waals surface area contributed by atoms with Crippen LogP contribution in [-0.2, 0) is 14.2 Å². The number of hydrogen-bond donors (Lipinski definition) is 4. The van der Waals surface area contributed by atoms with E-state index in [1.807, 2.05) is 6.92 Å². The van der Waals surface area contributed by atoms with Gasteiger partial charge < -0.3 is 34.6 Å². The third-order valence-electron chi connectivity index (χ3n) is 2.48. The molecule has 0 spiro atoms. The number of aliphatic hydroxyl groups excluding tert-OH is 4. The molecule has 0 aliphatic carbocycles. The molecule has 1 aliphatic heterocycles. The van der Waals surface area contributed by atoms with E-state index in [0.29, 0.717) is 6.42 Å². The van der Waals surface area contributed by atoms with Crippen molar-refractivity contribution in [3.8, 4) is 0 Å². The molecule has 1 aliphatic rings. The van der Waals surface area contributed by atoms with Gasteiger partial charge in [-0.15, -0.1) is 0 Å². The van der Waals surface area contributed by atoms with E-state index in [9.17, 15) is 25.2 Å². The van der Waals surface area contributed by atoms with Crippen LogP contribution in [0.25, 0.3) is 0 Å². The lowest BCUT2D eigenvalue weighted by Crippen LogP contribution is -2.58. The molecule has 106 valence electrons. The Labute approximate surface area is 104 Å². The van der Waals surface area contributed by atoms with Gasteiger partial charge in [0.2, 0.25) is 0 Å². The van der Waals surface area contributed by atoms with Gasteiger partial charge in [0.25, 0.3) is 0 Å². The minimum Gasteiger partial charge on any atom is -0.434 e. The van der Waals surface area contributed by atoms with E-state index in [0.717, 1.165) is 0 Å². The molecule has 4 N–H and O–H groups in total. The number of ether oxygens (including phenoxy) is 3. The zero-order valence-corrected chi connectivity index (χ0v) is 9.93. The summed E-state index contributed by atoms with van der Waals surface area (Å²) in [6, 6.07) is 0. The van der Waals surface area contributed by atoms with Gasteiger partial charge in [-0.05, 0) is 6.42 Å². The lowest BCUT2D eigenvalue weighted by molar-refractivity contribution is -0.286. The fourth-order valence-electron chi connectivity index (χ4n) is 1.45. The molecule has 8 heteroatoms. The lowest BCUT2D eigenvalue weighted by atomic mass is 9.99. The summed E-state index contributed by atoms with van der Waals surface area (Å²) in [5.74, 6) is 0. The Morgan fingerprint density at radius 2 is 1.78 bits per heavy atom. The molecule has 0 radical (unpaired) electrons. The standard InChI is InChI=1S/C10H18O8/c1-2-3-16-10(15)17-4-5-6(11)7(12)8(13)9(14)18-5/h5-9,11-14H,2-4H2,1H3/t5-,6-,7+,8-,9+/m1/s1. The van der Waals surface area contributed by atoms with Crippen LogP contribution < -0.4 is 0 Å². The lowest BCUT2D eigenvalue weighted by Gasteiger charge is -2.37. The van der Waals surface area contributed by atoms with E-state index in [-0.39, 0.29) is 6.61 Å². The van der Waals surface area contributed by atoms with Crippen LogP contribution in [0, 0.1) is 0 Å². The molecular formula is C10H18O8. The van der Waals surface area contributed by atoms with Crippen LogP contribution in [0.2, 0.25) is 0 Å². The van der Waals surface area contributed by atoms with Crippen LogP contribution in [0.4, 0.5) is 4.79 Å². The van der Waals surface area contributed by atoms with Crippen LogP contribution in [0.1, 0.15) is 13.3 Å². The van der Waals surface area contributed by atoms with Gasteiger partial charge >= 0.3 is 6.16 Å². The van der Waals surface area contributed by atoms with E-state index in [2.05, 4.69) is 9.47 Å². The molecule has 0 bridgehead atoms. The Morgan fingerprint density at radius 1 is 1.11 bits per heavy atom. The van der Waals surface area contributed by atoms with Crippen LogP contribution in [0.5, 0.6) is 0 Å². The highest BCUT2D eigenvalue weighted by atomic mass is 16.7. The van der Waals surface area contributed by atoms with Gasteiger partial charge in [-0.3, -0.25) is 0 Å². The first-order chi connectivity index (χ1) is 8.47. The zero-order valence-electron chi connectivity index (χ0n) is 9.93. The Morgan fingerprint density at radius 3 is 2.39 bits per heavy atom. The topological polar surface area (TPSA) is 126 Å². The van der Waals surface area contributed by atoms with Crippen molar-refractivity contribution in [3.05, 3.63) is 0 Å². The normalized spacial score (nSPS) is 36.2. The second-order valence-corrected chi connectivity index (χ2v) is 3.95. The average molecular weight is 266 g/mol. The van der Waals surface area contributed by atoms with E-state index in [1.165, 1.54) is 0 Å². The fraction of sp³-hybridized carbons (Fsp3) is 0.900. The van der Waals surface area contributed by atoms with Crippen molar-refractivity contribution >= 4 is 6.16 Å². The quantitative estimate of drug-likeness (QED) is 0.446. The summed E-state index contributed by atoms with van der Waals surface area (Å²) in [6.07, 6.45) is -7.72. The number of hydrogen-bond acceptors (Lipinski definition) is 8. The minimum absolute atomic E-state index is 0.205. The zero-order chi connectivity index (χ0) is 13.7. The van der Waals surface area contributed by atoms with Crippen molar-refractivity contribution in [2.24, 2.45) is 0 Å². The highest BCUT2D eigenvalue weighted by molar-refractivity contribution is 5.59. The molecule has 1 saturated heterocycles. The number of carbonyl (C=O) groups is 1. The molecule has 18 heavy (non-hydrogen) atoms. The van der Waals surface area contributed by atoms with Crippen molar-refractivity contribution in [2.45, 2.75) is 44.1 Å². The largest absolute Gasteiger partial charge is 0.508 e. The smallest absolute Gasteiger partial charge is 0.434 e. The third kappa shape index (κ3) is 3.79. The monoisotopic (exact) mass is 266 g/mol. The van der Waals surface area contributed by atoms with Crippen LogP contribution in [0.3, 0.4) is 0 Å². The van der Waals surface area contributed by atoms with Crippen molar-refractivity contribution in [3.63, 3.8) is 0 Å². The highest BCUT2D eigenvalue weighted by Gasteiger charge is 2.43. The number of carbonyl (C=O) groups excluding carboxylic acids is 1. The molecule has 5 atom stereocenters. The summed E-state index contributed by atoms with van der Waals surface area (Å²) in [7, 11) is 0. The Hall–Kier alpha value is -0.930. The summed E-state index contributed by atoms with van der Waals surface area (Å²) in [5.41, 5.74) is 0. The molecule has 0 unspecified atom stereocenters. The van der Waals surface area contributed by atoms with Gasteiger partial charge in [-0.2, -0.15) is 0 Å². The minimum atomic E-state index is -1.65. The van der Waals surface area contributed by atoms with E-state index in [1.54, 1.807) is 0 Å². The van der Waals surface area contributed by atoms with Crippen molar-refractivity contribution in [1.82, 2.24) is 0 Å². The molecule has 1 rings (SSSR count). The molecule has 0 saturated carbocycles. The third-order valence-corrected chi connectivity index (χ3v) is 2.48. The summed E-state index contributed by atoms with van der Waals surface area (Å²) >= 11 is 0. The second kappa shape index (κ2) is 6.86. The first kappa shape index (κ1) is 15.1. The first-order valence-electron chi connectivity index (χ1n) is 5.64. The summed E-state index contributed by atoms with van der Waals surface area (Å²) in [4.78, 5) is 11.0. The molecule has 0 aromatic heterocycles. The predicted octanol–water partition coefficient (Wildman–Crippen LogP) is -1.65. The number of aliphatic hydroxyl groups is 4. The second-order valence-electron chi connectivity index (χ2n) is 3.95. The van der Waals surface area contributed by atoms with Crippen molar-refractivity contribution in [2.75, 3.05) is 13.2 Å². The summed E-state index contributed by atoms with van der Waals surface area (Å²) in [5, 5.41) is 37.4. The van der Waals surface area contributed by atoms with Gasteiger partial charge in [-0.25, -0.2) is 4.79 Å². The maximum absolute atomic E-state index is 11.0. The molecule has 1 fully saturated rings. The molecule has 0 amide bonds. The average Bonchev–Trinajstić information content (AvgIpc) is 2.36. The van der Waals surface area contributed by atoms with Crippen LogP contribution in [0.15, 0.2) is 0 Å². The maximum atomic E-state index is 11.0. The molecule has 1 heterocycles. The van der Waals surface area contributed by atoms with Crippen LogP contribution >= 0.6 is 0 Å². The van der Waals surface area contributed by atoms with Gasteiger partial charge in [0, 0.05) is 0 Å². The van der Waals surface area contributed by atoms with Crippen LogP contribution in [-0.4, -0.2) is 70.5 Å². The first-order valence-corrected chi connectivity index (χ1v) is 5.64. The van der Waals surface area contributed by atoms with Gasteiger partial charge in [0.05, 0.1) is 6.61 Å². The molecular weight excluding hydrogens is 248 g/mol. The van der Waals surface area contributed by atoms with Gasteiger partial charge in [-0.1, -0.05) is 6.92 Å². The van der Waals surface area contributed by atoms with E-state index >= 15 is 0 Å². The Bertz CT molecular complexity index is 271. The Balaban J connectivity index is 2.39. The Kier molecular flexibility index (Phi) is 5.76. The maximum Gasteiger partial charge on any atom is 0.508 e. The van der Waals surface area contributed by atoms with Crippen molar-refractivity contribution in [1.29, 1.82) is 0 Å². The molecule has 0 aromatic carbocycles. The molecule has 0 aromatic rings. The van der Waals surface area contributed by atoms with E-state index in [4.69, 9.17) is 4.74 Å². The molecule has 8 nitrogen and oxygen atoms in total. The van der Waals surface area contributed by atoms with Crippen molar-refractivity contribution < 1.29 is 39.4 Å². The summed E-state index contributed by atoms with van der Waals surface area (Å²) in [6.45, 7) is 1.62. The summed E-state index contributed by atoms with van der Waals surface area (Å²) < 4.78 is 14.1. The van der Waals surface area contributed by atoms with E-state index < -0.39 is 43.5 Å². The predicted molar refractivity (Wildman–Crippen MR) is 56.5 cm³/mol. The van der Waals surface area contributed by atoms with Gasteiger partial charge in [0.1, 0.15) is 31.0 Å².